The van der Waals surface area contributed by atoms with E-state index in [1.807, 2.05) is 19.1 Å². The number of carboxylic acids is 1. The van der Waals surface area contributed by atoms with Gasteiger partial charge in [0.1, 0.15) is 11.9 Å². The largest absolute Gasteiger partial charge is 0.485 e. The zero-order valence-electron chi connectivity index (χ0n) is 24.4. The van der Waals surface area contributed by atoms with Crippen LogP contribution in [-0.2, 0) is 17.8 Å². The van der Waals surface area contributed by atoms with Gasteiger partial charge in [0.25, 0.3) is 0 Å². The fraction of sp³-hybridized carbons (Fsp3) is 0.471. The number of ether oxygens (including phenoxy) is 2. The second-order valence-electron chi connectivity index (χ2n) is 11.7. The highest BCUT2D eigenvalue weighted by molar-refractivity contribution is 5.71. The van der Waals surface area contributed by atoms with Crippen LogP contribution in [0.15, 0.2) is 54.7 Å². The van der Waals surface area contributed by atoms with Gasteiger partial charge < -0.3 is 14.6 Å². The van der Waals surface area contributed by atoms with Crippen molar-refractivity contribution in [3.05, 3.63) is 77.0 Å². The summed E-state index contributed by atoms with van der Waals surface area (Å²) in [6.07, 6.45) is 5.80. The summed E-state index contributed by atoms with van der Waals surface area (Å²) in [5.41, 5.74) is 7.00. The number of rotatable bonds is 11. The van der Waals surface area contributed by atoms with Crippen LogP contribution in [0.2, 0.25) is 0 Å². The number of fused-ring (bicyclic) bond motifs is 1. The van der Waals surface area contributed by atoms with Gasteiger partial charge in [-0.1, -0.05) is 44.2 Å². The van der Waals surface area contributed by atoms with Crippen molar-refractivity contribution in [1.29, 1.82) is 0 Å². The van der Waals surface area contributed by atoms with Gasteiger partial charge in [-0.05, 0) is 103 Å². The predicted octanol–water partition coefficient (Wildman–Crippen LogP) is 7.27. The lowest BCUT2D eigenvalue weighted by Crippen LogP contribution is -2.30. The van der Waals surface area contributed by atoms with Crippen LogP contribution >= 0.6 is 0 Å². The molecule has 0 spiro atoms. The Bertz CT molecular complexity index is 1350. The molecular weight excluding hydrogens is 500 g/mol. The van der Waals surface area contributed by atoms with E-state index in [2.05, 4.69) is 67.1 Å². The van der Waals surface area contributed by atoms with Crippen molar-refractivity contribution in [2.75, 3.05) is 13.7 Å². The molecule has 0 radical (unpaired) electrons. The van der Waals surface area contributed by atoms with E-state index in [0.717, 1.165) is 55.6 Å². The monoisotopic (exact) mass is 542 g/mol. The summed E-state index contributed by atoms with van der Waals surface area (Å²) in [6, 6.07) is 17.6. The third-order valence-electron chi connectivity index (χ3n) is 8.75. The fourth-order valence-electron chi connectivity index (χ4n) is 6.20. The molecule has 3 atom stereocenters. The van der Waals surface area contributed by atoms with Crippen LogP contribution in [-0.4, -0.2) is 40.7 Å². The molecule has 3 aromatic rings. The predicted molar refractivity (Wildman–Crippen MR) is 158 cm³/mol. The van der Waals surface area contributed by atoms with Gasteiger partial charge in [-0.15, -0.1) is 0 Å². The Balaban J connectivity index is 1.46. The summed E-state index contributed by atoms with van der Waals surface area (Å²) < 4.78 is 12.1. The van der Waals surface area contributed by atoms with Crippen molar-refractivity contribution < 1.29 is 19.4 Å². The minimum atomic E-state index is -0.727. The molecule has 1 fully saturated rings. The van der Waals surface area contributed by atoms with Gasteiger partial charge in [-0.25, -0.2) is 4.98 Å². The van der Waals surface area contributed by atoms with E-state index in [9.17, 15) is 9.90 Å². The molecule has 2 heterocycles. The van der Waals surface area contributed by atoms with Gasteiger partial charge in [-0.3, -0.25) is 9.69 Å². The van der Waals surface area contributed by atoms with Crippen LogP contribution in [0.3, 0.4) is 0 Å². The molecule has 1 N–H and O–H groups in total. The normalized spacial score (nSPS) is 18.2. The fourth-order valence-corrected chi connectivity index (χ4v) is 6.20. The van der Waals surface area contributed by atoms with Crippen molar-refractivity contribution in [3.63, 3.8) is 0 Å². The van der Waals surface area contributed by atoms with E-state index in [4.69, 9.17) is 9.47 Å². The molecule has 0 saturated heterocycles. The molecule has 6 nitrogen and oxygen atoms in total. The lowest BCUT2D eigenvalue weighted by Gasteiger charge is -2.30. The van der Waals surface area contributed by atoms with Crippen LogP contribution in [0.1, 0.15) is 81.2 Å². The standard InChI is InChI=1S/C34H42N2O4/c1-6-36(21(2)3)20-28-17-26(11-13-29(28)25-15-16-35-32(19-25)39-5)30-14-12-23-7-10-27(18-31(23)40-30)33(24-8-9-24)22(4)34(37)38/h7,10-11,13,15-19,21-22,24,30,33H,6,8-9,12,14,20H2,1-5H3,(H,37,38)/t22-,30-,33?/m0/s1. The molecular formula is C34H42N2O4. The average Bonchev–Trinajstić information content (AvgIpc) is 3.80. The summed E-state index contributed by atoms with van der Waals surface area (Å²) in [5.74, 6) is 0.857. The van der Waals surface area contributed by atoms with Crippen molar-refractivity contribution >= 4 is 5.97 Å². The number of hydrogen-bond acceptors (Lipinski definition) is 5. The molecule has 2 aromatic carbocycles. The Kier molecular flexibility index (Phi) is 8.46. The first kappa shape index (κ1) is 28.2. The molecule has 1 aromatic heterocycles. The van der Waals surface area contributed by atoms with E-state index in [-0.39, 0.29) is 12.0 Å². The summed E-state index contributed by atoms with van der Waals surface area (Å²) in [6.45, 7) is 10.3. The quantitative estimate of drug-likeness (QED) is 0.275. The second-order valence-corrected chi connectivity index (χ2v) is 11.7. The molecule has 6 heteroatoms. The third kappa shape index (κ3) is 6.02. The van der Waals surface area contributed by atoms with E-state index in [1.165, 1.54) is 22.3 Å². The van der Waals surface area contributed by atoms with Crippen LogP contribution in [0.5, 0.6) is 11.6 Å². The first-order valence-corrected chi connectivity index (χ1v) is 14.7. The van der Waals surface area contributed by atoms with Crippen molar-refractivity contribution in [2.24, 2.45) is 11.8 Å². The number of pyridine rings is 1. The molecule has 5 rings (SSSR count). The number of aliphatic carboxylic acids is 1. The smallest absolute Gasteiger partial charge is 0.306 e. The van der Waals surface area contributed by atoms with Gasteiger partial charge in [-0.2, -0.15) is 0 Å². The highest BCUT2D eigenvalue weighted by atomic mass is 16.5. The summed E-state index contributed by atoms with van der Waals surface area (Å²) in [5, 5.41) is 9.75. The highest BCUT2D eigenvalue weighted by Gasteiger charge is 2.39. The second kappa shape index (κ2) is 12.0. The molecule has 40 heavy (non-hydrogen) atoms. The maximum atomic E-state index is 11.9. The number of aromatic nitrogens is 1. The summed E-state index contributed by atoms with van der Waals surface area (Å²) in [4.78, 5) is 18.6. The lowest BCUT2D eigenvalue weighted by atomic mass is 9.82. The van der Waals surface area contributed by atoms with E-state index in [1.54, 1.807) is 13.3 Å². The van der Waals surface area contributed by atoms with Crippen LogP contribution in [0.4, 0.5) is 0 Å². The van der Waals surface area contributed by atoms with Crippen LogP contribution < -0.4 is 9.47 Å². The molecule has 1 aliphatic carbocycles. The molecule has 1 aliphatic heterocycles. The zero-order chi connectivity index (χ0) is 28.4. The van der Waals surface area contributed by atoms with Crippen molar-refractivity contribution in [3.8, 4) is 22.8 Å². The Hall–Kier alpha value is -3.38. The number of hydrogen-bond donors (Lipinski definition) is 1. The van der Waals surface area contributed by atoms with Gasteiger partial charge in [0, 0.05) is 24.8 Å². The topological polar surface area (TPSA) is 71.9 Å². The van der Waals surface area contributed by atoms with Crippen LogP contribution in [0, 0.1) is 11.8 Å². The van der Waals surface area contributed by atoms with E-state index < -0.39 is 11.9 Å². The van der Waals surface area contributed by atoms with E-state index in [0.29, 0.717) is 17.8 Å². The minimum Gasteiger partial charge on any atom is -0.485 e. The Morgan fingerprint density at radius 2 is 1.90 bits per heavy atom. The first-order valence-electron chi connectivity index (χ1n) is 14.7. The van der Waals surface area contributed by atoms with E-state index >= 15 is 0 Å². The number of aryl methyl sites for hydroxylation is 1. The number of carbonyl (C=O) groups is 1. The number of methoxy groups -OCH3 is 1. The number of carboxylic acid groups (broad SMARTS) is 1. The van der Waals surface area contributed by atoms with Crippen molar-refractivity contribution in [1.82, 2.24) is 9.88 Å². The highest BCUT2D eigenvalue weighted by Crippen LogP contribution is 2.48. The molecule has 2 aliphatic rings. The Morgan fingerprint density at radius 3 is 2.58 bits per heavy atom. The molecule has 0 bridgehead atoms. The average molecular weight is 543 g/mol. The maximum absolute atomic E-state index is 11.9. The number of nitrogens with zero attached hydrogens (tertiary/aromatic N) is 2. The Labute approximate surface area is 238 Å². The first-order chi connectivity index (χ1) is 19.3. The van der Waals surface area contributed by atoms with Crippen LogP contribution in [0.25, 0.3) is 11.1 Å². The minimum absolute atomic E-state index is 0.0334. The lowest BCUT2D eigenvalue weighted by molar-refractivity contribution is -0.142. The van der Waals surface area contributed by atoms with Crippen molar-refractivity contribution in [2.45, 2.75) is 78.0 Å². The third-order valence-corrected chi connectivity index (χ3v) is 8.75. The SMILES string of the molecule is CCN(Cc1cc([C@@H]2CCc3ccc(C(C4CC4)[C@H](C)C(=O)O)cc3O2)ccc1-c1ccnc(OC)c1)C(C)C. The summed E-state index contributed by atoms with van der Waals surface area (Å²) in [7, 11) is 1.65. The Morgan fingerprint density at radius 1 is 1.10 bits per heavy atom. The molecule has 1 unspecified atom stereocenters. The van der Waals surface area contributed by atoms with Gasteiger partial charge in [0.05, 0.1) is 13.0 Å². The van der Waals surface area contributed by atoms with Gasteiger partial charge in [0.15, 0.2) is 0 Å². The number of benzene rings is 2. The van der Waals surface area contributed by atoms with Gasteiger partial charge >= 0.3 is 5.97 Å². The molecule has 1 saturated carbocycles. The van der Waals surface area contributed by atoms with Gasteiger partial charge in [0.2, 0.25) is 5.88 Å². The maximum Gasteiger partial charge on any atom is 0.306 e. The molecule has 0 amide bonds. The zero-order valence-corrected chi connectivity index (χ0v) is 24.4. The molecule has 212 valence electrons. The summed E-state index contributed by atoms with van der Waals surface area (Å²) >= 11 is 0.